The van der Waals surface area contributed by atoms with Crippen LogP contribution in [-0.2, 0) is 5.41 Å². The Hall–Kier alpha value is -2.38. The van der Waals surface area contributed by atoms with Crippen molar-refractivity contribution >= 4 is 0 Å². The Morgan fingerprint density at radius 3 is 1.92 bits per heavy atom. The minimum Gasteiger partial charge on any atom is -0.329 e. The van der Waals surface area contributed by atoms with Gasteiger partial charge in [0.1, 0.15) is 0 Å². The van der Waals surface area contributed by atoms with Crippen LogP contribution in [0.15, 0.2) is 66.7 Å². The van der Waals surface area contributed by atoms with Crippen LogP contribution in [0, 0.1) is 0 Å². The van der Waals surface area contributed by atoms with E-state index in [4.69, 9.17) is 5.73 Å². The molecule has 3 aromatic rings. The Kier molecular flexibility index (Phi) is 3.02. The molecular formula is C24H23N. The number of benzene rings is 3. The van der Waals surface area contributed by atoms with Crippen molar-refractivity contribution in [3.05, 3.63) is 106 Å². The third-order valence-corrected chi connectivity index (χ3v) is 6.26. The molecule has 1 heteroatoms. The van der Waals surface area contributed by atoms with E-state index in [-0.39, 0.29) is 5.41 Å². The Balaban J connectivity index is 1.99. The largest absolute Gasteiger partial charge is 0.329 e. The van der Waals surface area contributed by atoms with Crippen LogP contribution in [0.1, 0.15) is 64.6 Å². The summed E-state index contributed by atoms with van der Waals surface area (Å²) < 4.78 is 0. The van der Waals surface area contributed by atoms with Gasteiger partial charge in [-0.05, 0) is 44.9 Å². The molecule has 0 spiro atoms. The van der Waals surface area contributed by atoms with Gasteiger partial charge >= 0.3 is 0 Å². The highest BCUT2D eigenvalue weighted by atomic mass is 14.7. The van der Waals surface area contributed by atoms with E-state index >= 15 is 0 Å². The van der Waals surface area contributed by atoms with Gasteiger partial charge in [-0.25, -0.2) is 0 Å². The van der Waals surface area contributed by atoms with E-state index in [1.807, 2.05) is 0 Å². The van der Waals surface area contributed by atoms with Gasteiger partial charge in [0.05, 0.1) is 5.41 Å². The van der Waals surface area contributed by atoms with Crippen LogP contribution in [0.4, 0.5) is 0 Å². The Bertz CT molecular complexity index is 935. The van der Waals surface area contributed by atoms with Gasteiger partial charge in [-0.2, -0.15) is 0 Å². The molecule has 0 aromatic heterocycles. The topological polar surface area (TPSA) is 26.0 Å². The van der Waals surface area contributed by atoms with Crippen molar-refractivity contribution in [3.63, 3.8) is 0 Å². The van der Waals surface area contributed by atoms with E-state index in [0.29, 0.717) is 18.4 Å². The molecule has 6 rings (SSSR count). The molecule has 3 aromatic carbocycles. The molecule has 1 nitrogen and oxygen atoms in total. The summed E-state index contributed by atoms with van der Waals surface area (Å²) >= 11 is 0. The lowest BCUT2D eigenvalue weighted by Crippen LogP contribution is -2.48. The Morgan fingerprint density at radius 2 is 1.36 bits per heavy atom. The summed E-state index contributed by atoms with van der Waals surface area (Å²) in [4.78, 5) is 0. The lowest BCUT2D eigenvalue weighted by atomic mass is 9.52. The molecule has 0 amide bonds. The normalized spacial score (nSPS) is 22.5. The fraction of sp³-hybridized carbons (Fsp3) is 0.250. The molecule has 0 unspecified atom stereocenters. The number of rotatable bonds is 2. The molecule has 0 fully saturated rings. The molecular weight excluding hydrogens is 302 g/mol. The van der Waals surface area contributed by atoms with Crippen molar-refractivity contribution < 1.29 is 0 Å². The van der Waals surface area contributed by atoms with Crippen molar-refractivity contribution in [1.82, 2.24) is 0 Å². The summed E-state index contributed by atoms with van der Waals surface area (Å²) in [5.74, 6) is 0.812. The van der Waals surface area contributed by atoms with E-state index in [2.05, 4.69) is 80.6 Å². The van der Waals surface area contributed by atoms with Crippen molar-refractivity contribution in [2.75, 3.05) is 6.54 Å². The SMILES string of the molecule is CC(C)c1cccc2c1C1(CN)c3ccccc3C2c2ccccc21. The van der Waals surface area contributed by atoms with Gasteiger partial charge < -0.3 is 5.73 Å². The lowest BCUT2D eigenvalue weighted by Gasteiger charge is -2.51. The summed E-state index contributed by atoms with van der Waals surface area (Å²) in [6.07, 6.45) is 0. The lowest BCUT2D eigenvalue weighted by molar-refractivity contribution is 0.543. The van der Waals surface area contributed by atoms with Gasteiger partial charge in [0.15, 0.2) is 0 Å². The van der Waals surface area contributed by atoms with E-state index in [0.717, 1.165) is 0 Å². The van der Waals surface area contributed by atoms with Crippen LogP contribution in [0.2, 0.25) is 0 Å². The number of hydrogen-bond donors (Lipinski definition) is 1. The van der Waals surface area contributed by atoms with Crippen molar-refractivity contribution in [2.24, 2.45) is 5.73 Å². The standard InChI is InChI=1S/C24H23N/c1-15(2)16-10-7-11-19-22-17-8-3-5-12-20(17)24(14-25,23(16)19)21-13-6-4-9-18(21)22/h3-13,15,22H,14,25H2,1-2H3. The van der Waals surface area contributed by atoms with Crippen LogP contribution in [-0.4, -0.2) is 6.54 Å². The average Bonchev–Trinajstić information content (AvgIpc) is 2.67. The molecule has 0 saturated carbocycles. The van der Waals surface area contributed by atoms with Crippen molar-refractivity contribution in [1.29, 1.82) is 0 Å². The van der Waals surface area contributed by atoms with Gasteiger partial charge in [0.25, 0.3) is 0 Å². The second-order valence-electron chi connectivity index (χ2n) is 7.68. The van der Waals surface area contributed by atoms with Crippen LogP contribution < -0.4 is 5.73 Å². The first-order chi connectivity index (χ1) is 12.2. The predicted molar refractivity (Wildman–Crippen MR) is 103 cm³/mol. The zero-order valence-electron chi connectivity index (χ0n) is 14.8. The first kappa shape index (κ1) is 14.9. The third kappa shape index (κ3) is 1.67. The van der Waals surface area contributed by atoms with E-state index in [1.54, 1.807) is 0 Å². The summed E-state index contributed by atoms with van der Waals surface area (Å²) in [7, 11) is 0. The molecule has 2 bridgehead atoms. The maximum Gasteiger partial charge on any atom is 0.0585 e. The fourth-order valence-corrected chi connectivity index (χ4v) is 5.32. The van der Waals surface area contributed by atoms with Gasteiger partial charge in [-0.1, -0.05) is 80.6 Å². The maximum atomic E-state index is 6.59. The van der Waals surface area contributed by atoms with E-state index < -0.39 is 0 Å². The molecule has 3 aliphatic carbocycles. The van der Waals surface area contributed by atoms with Crippen molar-refractivity contribution in [3.8, 4) is 0 Å². The first-order valence-corrected chi connectivity index (χ1v) is 9.22. The molecule has 124 valence electrons. The Morgan fingerprint density at radius 1 is 0.800 bits per heavy atom. The fourth-order valence-electron chi connectivity index (χ4n) is 5.32. The summed E-state index contributed by atoms with van der Waals surface area (Å²) in [5, 5.41) is 0. The summed E-state index contributed by atoms with van der Waals surface area (Å²) in [6.45, 7) is 5.18. The van der Waals surface area contributed by atoms with E-state index in [9.17, 15) is 0 Å². The highest BCUT2D eigenvalue weighted by molar-refractivity contribution is 5.73. The second kappa shape index (κ2) is 5.06. The highest BCUT2D eigenvalue weighted by Crippen LogP contribution is 2.59. The summed E-state index contributed by atoms with van der Waals surface area (Å²) in [6, 6.07) is 24.7. The van der Waals surface area contributed by atoms with E-state index in [1.165, 1.54) is 38.9 Å². The number of hydrogen-bond acceptors (Lipinski definition) is 1. The molecule has 25 heavy (non-hydrogen) atoms. The van der Waals surface area contributed by atoms with Gasteiger partial charge in [-0.3, -0.25) is 0 Å². The summed E-state index contributed by atoms with van der Waals surface area (Å²) in [5.41, 5.74) is 16.4. The molecule has 0 aliphatic heterocycles. The number of nitrogens with two attached hydrogens (primary N) is 1. The minimum absolute atomic E-state index is 0.224. The molecule has 3 aliphatic rings. The van der Waals surface area contributed by atoms with Gasteiger partial charge in [0, 0.05) is 12.5 Å². The van der Waals surface area contributed by atoms with Gasteiger partial charge in [-0.15, -0.1) is 0 Å². The average molecular weight is 325 g/mol. The first-order valence-electron chi connectivity index (χ1n) is 9.22. The van der Waals surface area contributed by atoms with Crippen molar-refractivity contribution in [2.45, 2.75) is 31.1 Å². The minimum atomic E-state index is -0.224. The second-order valence-corrected chi connectivity index (χ2v) is 7.68. The quantitative estimate of drug-likeness (QED) is 0.712. The molecule has 0 heterocycles. The molecule has 2 N–H and O–H groups in total. The van der Waals surface area contributed by atoms with Crippen LogP contribution in [0.3, 0.4) is 0 Å². The van der Waals surface area contributed by atoms with Crippen LogP contribution in [0.25, 0.3) is 0 Å². The smallest absolute Gasteiger partial charge is 0.0585 e. The zero-order chi connectivity index (χ0) is 17.2. The van der Waals surface area contributed by atoms with Gasteiger partial charge in [0.2, 0.25) is 0 Å². The maximum absolute atomic E-state index is 6.59. The predicted octanol–water partition coefficient (Wildman–Crippen LogP) is 4.91. The monoisotopic (exact) mass is 325 g/mol. The highest BCUT2D eigenvalue weighted by Gasteiger charge is 2.51. The van der Waals surface area contributed by atoms with Crippen LogP contribution >= 0.6 is 0 Å². The molecule has 0 atom stereocenters. The third-order valence-electron chi connectivity index (χ3n) is 6.26. The molecule has 0 saturated heterocycles. The Labute approximate surface area is 149 Å². The van der Waals surface area contributed by atoms with Crippen LogP contribution in [0.5, 0.6) is 0 Å². The zero-order valence-corrected chi connectivity index (χ0v) is 14.8. The molecule has 0 radical (unpaired) electrons.